The van der Waals surface area contributed by atoms with Gasteiger partial charge in [-0.15, -0.1) is 0 Å². The number of benzene rings is 1. The molecule has 0 aliphatic heterocycles. The van der Waals surface area contributed by atoms with Crippen LogP contribution in [0.25, 0.3) is 0 Å². The maximum Gasteiger partial charge on any atom is 0.0480 e. The Morgan fingerprint density at radius 3 is 2.45 bits per heavy atom. The van der Waals surface area contributed by atoms with Crippen LogP contribution in [0.4, 0.5) is 0 Å². The highest BCUT2D eigenvalue weighted by Gasteiger charge is 2.32. The molecule has 2 atom stereocenters. The lowest BCUT2D eigenvalue weighted by Gasteiger charge is -2.41. The number of hydrogen-bond acceptors (Lipinski definition) is 2. The molecule has 0 radical (unpaired) electrons. The topological polar surface area (TPSA) is 15.3 Å². The van der Waals surface area contributed by atoms with E-state index in [2.05, 4.69) is 55.3 Å². The first-order chi connectivity index (χ1) is 9.81. The molecule has 0 amide bonds. The molecule has 2 unspecified atom stereocenters. The summed E-state index contributed by atoms with van der Waals surface area (Å²) >= 11 is 0. The third-order valence-electron chi connectivity index (χ3n) is 4.40. The smallest absolute Gasteiger partial charge is 0.0480 e. The molecule has 0 saturated carbocycles. The van der Waals surface area contributed by atoms with Crippen molar-refractivity contribution in [2.75, 3.05) is 19.6 Å². The fourth-order valence-corrected chi connectivity index (χ4v) is 3.62. The zero-order valence-corrected chi connectivity index (χ0v) is 13.4. The SMILES string of the molecule is CCCN(CCC)C1CCc2ccccc2C1NCC. The van der Waals surface area contributed by atoms with E-state index in [-0.39, 0.29) is 0 Å². The molecular weight excluding hydrogens is 244 g/mol. The van der Waals surface area contributed by atoms with Crippen molar-refractivity contribution < 1.29 is 0 Å². The summed E-state index contributed by atoms with van der Waals surface area (Å²) in [5.74, 6) is 0. The molecule has 0 heterocycles. The van der Waals surface area contributed by atoms with Gasteiger partial charge < -0.3 is 5.32 Å². The van der Waals surface area contributed by atoms with E-state index < -0.39 is 0 Å². The Kier molecular flexibility index (Phi) is 6.06. The molecule has 1 aromatic rings. The predicted molar refractivity (Wildman–Crippen MR) is 87.1 cm³/mol. The molecule has 1 aliphatic carbocycles. The largest absolute Gasteiger partial charge is 0.309 e. The predicted octanol–water partition coefficient (Wildman–Crippen LogP) is 3.77. The lowest BCUT2D eigenvalue weighted by atomic mass is 9.83. The van der Waals surface area contributed by atoms with Crippen LogP contribution in [-0.2, 0) is 6.42 Å². The second-order valence-electron chi connectivity index (χ2n) is 5.88. The summed E-state index contributed by atoms with van der Waals surface area (Å²) in [6, 6.07) is 10.2. The molecule has 0 aromatic heterocycles. The van der Waals surface area contributed by atoms with E-state index in [0.717, 1.165) is 6.54 Å². The van der Waals surface area contributed by atoms with Crippen molar-refractivity contribution in [3.8, 4) is 0 Å². The van der Waals surface area contributed by atoms with Crippen LogP contribution >= 0.6 is 0 Å². The molecule has 2 rings (SSSR count). The van der Waals surface area contributed by atoms with Crippen LogP contribution in [0.15, 0.2) is 24.3 Å². The average Bonchev–Trinajstić information content (AvgIpc) is 2.48. The molecule has 0 fully saturated rings. The molecule has 1 N–H and O–H groups in total. The quantitative estimate of drug-likeness (QED) is 0.814. The highest BCUT2D eigenvalue weighted by Crippen LogP contribution is 2.33. The molecule has 112 valence electrons. The van der Waals surface area contributed by atoms with Crippen molar-refractivity contribution in [2.45, 2.75) is 58.5 Å². The van der Waals surface area contributed by atoms with Crippen LogP contribution in [0.2, 0.25) is 0 Å². The van der Waals surface area contributed by atoms with Crippen LogP contribution in [0.5, 0.6) is 0 Å². The van der Waals surface area contributed by atoms with Gasteiger partial charge in [0.2, 0.25) is 0 Å². The van der Waals surface area contributed by atoms with Crippen molar-refractivity contribution in [3.63, 3.8) is 0 Å². The van der Waals surface area contributed by atoms with Gasteiger partial charge in [0.25, 0.3) is 0 Å². The van der Waals surface area contributed by atoms with Gasteiger partial charge in [-0.25, -0.2) is 0 Å². The maximum absolute atomic E-state index is 3.75. The molecular formula is C18H30N2. The zero-order chi connectivity index (χ0) is 14.4. The van der Waals surface area contributed by atoms with E-state index in [1.807, 2.05) is 0 Å². The molecule has 20 heavy (non-hydrogen) atoms. The molecule has 0 spiro atoms. The summed E-state index contributed by atoms with van der Waals surface area (Å²) in [4.78, 5) is 2.71. The number of nitrogens with zero attached hydrogens (tertiary/aromatic N) is 1. The highest BCUT2D eigenvalue weighted by molar-refractivity contribution is 5.34. The average molecular weight is 274 g/mol. The summed E-state index contributed by atoms with van der Waals surface area (Å²) in [6.07, 6.45) is 5.01. The van der Waals surface area contributed by atoms with Crippen molar-refractivity contribution >= 4 is 0 Å². The summed E-state index contributed by atoms with van der Waals surface area (Å²) in [5, 5.41) is 3.75. The van der Waals surface area contributed by atoms with Gasteiger partial charge >= 0.3 is 0 Å². The highest BCUT2D eigenvalue weighted by atomic mass is 15.2. The van der Waals surface area contributed by atoms with E-state index >= 15 is 0 Å². The second kappa shape index (κ2) is 7.80. The van der Waals surface area contributed by atoms with Crippen LogP contribution in [0.1, 0.15) is 57.2 Å². The number of hydrogen-bond donors (Lipinski definition) is 1. The van der Waals surface area contributed by atoms with Crippen LogP contribution < -0.4 is 5.32 Å². The van der Waals surface area contributed by atoms with E-state index in [4.69, 9.17) is 0 Å². The molecule has 2 nitrogen and oxygen atoms in total. The van der Waals surface area contributed by atoms with Gasteiger partial charge in [0, 0.05) is 12.1 Å². The zero-order valence-electron chi connectivity index (χ0n) is 13.4. The first kappa shape index (κ1) is 15.5. The Hall–Kier alpha value is -0.860. The van der Waals surface area contributed by atoms with Gasteiger partial charge in [-0.05, 0) is 56.4 Å². The van der Waals surface area contributed by atoms with Crippen LogP contribution in [0, 0.1) is 0 Å². The Labute approximate surface area is 124 Å². The lowest BCUT2D eigenvalue weighted by molar-refractivity contribution is 0.140. The molecule has 0 saturated heterocycles. The van der Waals surface area contributed by atoms with Crippen molar-refractivity contribution in [3.05, 3.63) is 35.4 Å². The summed E-state index contributed by atoms with van der Waals surface area (Å²) in [5.41, 5.74) is 3.07. The fraction of sp³-hybridized carbons (Fsp3) is 0.667. The van der Waals surface area contributed by atoms with E-state index in [1.165, 1.54) is 44.3 Å². The first-order valence-corrected chi connectivity index (χ1v) is 8.37. The number of fused-ring (bicyclic) bond motifs is 1. The van der Waals surface area contributed by atoms with Crippen LogP contribution in [-0.4, -0.2) is 30.6 Å². The monoisotopic (exact) mass is 274 g/mol. The van der Waals surface area contributed by atoms with Gasteiger partial charge in [-0.3, -0.25) is 4.90 Å². The molecule has 1 aromatic carbocycles. The fourth-order valence-electron chi connectivity index (χ4n) is 3.62. The Morgan fingerprint density at radius 1 is 1.10 bits per heavy atom. The summed E-state index contributed by atoms with van der Waals surface area (Å²) in [6.45, 7) is 10.3. The number of rotatable bonds is 7. The number of aryl methyl sites for hydroxylation is 1. The molecule has 1 aliphatic rings. The standard InChI is InChI=1S/C18H30N2/c1-4-13-20(14-5-2)17-12-11-15-9-7-8-10-16(15)18(17)19-6-3/h7-10,17-19H,4-6,11-14H2,1-3H3. The summed E-state index contributed by atoms with van der Waals surface area (Å²) < 4.78 is 0. The van der Waals surface area contributed by atoms with Gasteiger partial charge in [-0.2, -0.15) is 0 Å². The Morgan fingerprint density at radius 2 is 1.80 bits per heavy atom. The minimum absolute atomic E-state index is 0.503. The van der Waals surface area contributed by atoms with Gasteiger partial charge in [-0.1, -0.05) is 45.0 Å². The van der Waals surface area contributed by atoms with Crippen molar-refractivity contribution in [2.24, 2.45) is 0 Å². The Bertz CT molecular complexity index is 396. The minimum atomic E-state index is 0.503. The van der Waals surface area contributed by atoms with E-state index in [1.54, 1.807) is 5.56 Å². The van der Waals surface area contributed by atoms with Crippen molar-refractivity contribution in [1.29, 1.82) is 0 Å². The summed E-state index contributed by atoms with van der Waals surface area (Å²) in [7, 11) is 0. The number of nitrogens with one attached hydrogen (secondary N) is 1. The normalized spacial score (nSPS) is 22.0. The molecule has 0 bridgehead atoms. The van der Waals surface area contributed by atoms with Gasteiger partial charge in [0.15, 0.2) is 0 Å². The van der Waals surface area contributed by atoms with Crippen LogP contribution in [0.3, 0.4) is 0 Å². The minimum Gasteiger partial charge on any atom is -0.309 e. The van der Waals surface area contributed by atoms with E-state index in [0.29, 0.717) is 12.1 Å². The van der Waals surface area contributed by atoms with E-state index in [9.17, 15) is 0 Å². The second-order valence-corrected chi connectivity index (χ2v) is 5.88. The number of likely N-dealkylation sites (N-methyl/N-ethyl adjacent to an activating group) is 1. The van der Waals surface area contributed by atoms with Gasteiger partial charge in [0.1, 0.15) is 0 Å². The van der Waals surface area contributed by atoms with Crippen molar-refractivity contribution in [1.82, 2.24) is 10.2 Å². The Balaban J connectivity index is 2.24. The third-order valence-corrected chi connectivity index (χ3v) is 4.40. The molecule has 2 heteroatoms. The lowest BCUT2D eigenvalue weighted by Crippen LogP contribution is -2.47. The first-order valence-electron chi connectivity index (χ1n) is 8.37. The maximum atomic E-state index is 3.75. The van der Waals surface area contributed by atoms with Gasteiger partial charge in [0.05, 0.1) is 0 Å². The third kappa shape index (κ3) is 3.42.